The molecule has 0 saturated carbocycles. The van der Waals surface area contributed by atoms with E-state index in [2.05, 4.69) is 10.3 Å². The molecule has 0 fully saturated rings. The zero-order valence-corrected chi connectivity index (χ0v) is 27.4. The fraction of sp³-hybridized carbons (Fsp3) is 0.452. The number of carboxylic acid groups (broad SMARTS) is 1. The van der Waals surface area contributed by atoms with Gasteiger partial charge < -0.3 is 34.3 Å². The Hall–Kier alpha value is -3.81. The van der Waals surface area contributed by atoms with Gasteiger partial charge in [0, 0.05) is 40.7 Å². The molecule has 0 saturated heterocycles. The van der Waals surface area contributed by atoms with Crippen molar-refractivity contribution in [2.24, 2.45) is 10.4 Å². The number of anilines is 1. The van der Waals surface area contributed by atoms with Crippen LogP contribution >= 0.6 is 23.4 Å². The normalized spacial score (nSPS) is 21.4. The summed E-state index contributed by atoms with van der Waals surface area (Å²) in [6.45, 7) is 6.61. The molecule has 0 aliphatic carbocycles. The third-order valence-electron chi connectivity index (χ3n) is 7.45. The number of nitrogens with zero attached hydrogens (tertiary/aromatic N) is 2. The largest absolute Gasteiger partial charge is 0.493 e. The number of fused-ring (bicyclic) bond motifs is 1. The number of nitrogens with one attached hydrogen (secondary N) is 1. The van der Waals surface area contributed by atoms with Crippen LogP contribution in [-0.2, 0) is 28.7 Å². The molecular weight excluding hydrogens is 626 g/mol. The van der Waals surface area contributed by atoms with Crippen LogP contribution in [0.25, 0.3) is 0 Å². The van der Waals surface area contributed by atoms with Gasteiger partial charge >= 0.3 is 11.9 Å². The molecule has 2 aromatic carbocycles. The maximum atomic E-state index is 14.4. The highest BCUT2D eigenvalue weighted by Crippen LogP contribution is 2.46. The van der Waals surface area contributed by atoms with Crippen LogP contribution in [0.5, 0.6) is 11.5 Å². The Morgan fingerprint density at radius 3 is 2.53 bits per heavy atom. The first-order valence-corrected chi connectivity index (χ1v) is 15.4. The lowest BCUT2D eigenvalue weighted by molar-refractivity contribution is -0.144. The molecular formula is C31H36ClN3O9S. The van der Waals surface area contributed by atoms with Gasteiger partial charge in [0.15, 0.2) is 11.5 Å². The molecule has 2 heterocycles. The Labute approximate surface area is 270 Å². The smallest absolute Gasteiger partial charge is 0.346 e. The van der Waals surface area contributed by atoms with E-state index in [1.54, 1.807) is 36.4 Å². The second-order valence-electron chi connectivity index (χ2n) is 11.4. The number of hydrogen-bond acceptors (Lipinski definition) is 10. The summed E-state index contributed by atoms with van der Waals surface area (Å²) in [6, 6.07) is 10.2. The molecule has 2 aliphatic heterocycles. The molecule has 0 bridgehead atoms. The molecule has 2 amide bonds. The number of rotatable bonds is 11. The molecule has 3 atom stereocenters. The van der Waals surface area contributed by atoms with Crippen LogP contribution in [0.15, 0.2) is 41.4 Å². The van der Waals surface area contributed by atoms with Crippen molar-refractivity contribution in [3.63, 3.8) is 0 Å². The molecule has 0 spiro atoms. The van der Waals surface area contributed by atoms with Crippen LogP contribution in [0, 0.1) is 5.41 Å². The number of carbonyl (C=O) groups is 4. The molecule has 14 heteroatoms. The molecule has 2 aromatic rings. The van der Waals surface area contributed by atoms with Gasteiger partial charge in [0.25, 0.3) is 5.91 Å². The molecule has 0 radical (unpaired) electrons. The van der Waals surface area contributed by atoms with E-state index in [9.17, 15) is 24.3 Å². The molecule has 1 unspecified atom stereocenters. The van der Waals surface area contributed by atoms with Crippen molar-refractivity contribution in [2.75, 3.05) is 38.1 Å². The zero-order chi connectivity index (χ0) is 33.1. The number of halogens is 1. The summed E-state index contributed by atoms with van der Waals surface area (Å²) in [5.74, 6) is -2.07. The van der Waals surface area contributed by atoms with E-state index in [1.807, 2.05) is 13.8 Å². The van der Waals surface area contributed by atoms with Crippen molar-refractivity contribution in [1.82, 2.24) is 5.32 Å². The SMILES string of the molecule is COc1cccc([C@H]2O[C@H](CC(=O)NC3(C(=O)O)SCN=C3C)C(=O)N(CC(C)(C)COC(C)=O)c3ccc(Cl)cc32)c1OC. The van der Waals surface area contributed by atoms with E-state index >= 15 is 0 Å². The van der Waals surface area contributed by atoms with E-state index in [-0.39, 0.29) is 24.7 Å². The molecule has 242 valence electrons. The van der Waals surface area contributed by atoms with Gasteiger partial charge in [0.2, 0.25) is 10.8 Å². The number of esters is 1. The predicted molar refractivity (Wildman–Crippen MR) is 169 cm³/mol. The molecule has 2 N–H and O–H groups in total. The number of amides is 2. The maximum Gasteiger partial charge on any atom is 0.346 e. The van der Waals surface area contributed by atoms with Crippen molar-refractivity contribution < 1.29 is 43.2 Å². The summed E-state index contributed by atoms with van der Waals surface area (Å²) >= 11 is 7.44. The Kier molecular flexibility index (Phi) is 10.4. The third kappa shape index (κ3) is 7.21. The van der Waals surface area contributed by atoms with Crippen LogP contribution in [0.1, 0.15) is 51.3 Å². The Morgan fingerprint density at radius 2 is 1.93 bits per heavy atom. The van der Waals surface area contributed by atoms with Crippen molar-refractivity contribution in [3.05, 3.63) is 52.5 Å². The van der Waals surface area contributed by atoms with Crippen molar-refractivity contribution in [1.29, 1.82) is 0 Å². The number of thioether (sulfide) groups is 1. The first kappa shape index (κ1) is 34.1. The summed E-state index contributed by atoms with van der Waals surface area (Å²) in [4.78, 5) is 55.7. The van der Waals surface area contributed by atoms with Crippen molar-refractivity contribution in [3.8, 4) is 11.5 Å². The monoisotopic (exact) mass is 661 g/mol. The first-order chi connectivity index (χ1) is 21.2. The summed E-state index contributed by atoms with van der Waals surface area (Å²) in [5.41, 5.74) is 1.01. The van der Waals surface area contributed by atoms with E-state index < -0.39 is 52.7 Å². The number of benzene rings is 2. The lowest BCUT2D eigenvalue weighted by Crippen LogP contribution is -2.56. The number of hydrogen-bond donors (Lipinski definition) is 2. The van der Waals surface area contributed by atoms with Gasteiger partial charge in [-0.05, 0) is 31.2 Å². The minimum absolute atomic E-state index is 0.0190. The van der Waals surface area contributed by atoms with E-state index in [1.165, 1.54) is 33.0 Å². The van der Waals surface area contributed by atoms with Crippen LogP contribution in [0.4, 0.5) is 5.69 Å². The number of aliphatic carboxylic acids is 1. The topological polar surface area (TPSA) is 153 Å². The average Bonchev–Trinajstić information content (AvgIpc) is 3.32. The van der Waals surface area contributed by atoms with Gasteiger partial charge in [0.1, 0.15) is 12.2 Å². The van der Waals surface area contributed by atoms with E-state index in [0.717, 1.165) is 11.8 Å². The van der Waals surface area contributed by atoms with Crippen LogP contribution in [0.3, 0.4) is 0 Å². The van der Waals surface area contributed by atoms with Crippen molar-refractivity contribution >= 4 is 58.5 Å². The Bertz CT molecular complexity index is 1530. The average molecular weight is 662 g/mol. The first-order valence-electron chi connectivity index (χ1n) is 14.0. The summed E-state index contributed by atoms with van der Waals surface area (Å²) in [5, 5.41) is 12.9. The highest BCUT2D eigenvalue weighted by Gasteiger charge is 2.48. The molecule has 12 nitrogen and oxygen atoms in total. The lowest BCUT2D eigenvalue weighted by Gasteiger charge is -2.33. The molecule has 2 aliphatic rings. The fourth-order valence-electron chi connectivity index (χ4n) is 5.25. The highest BCUT2D eigenvalue weighted by atomic mass is 35.5. The van der Waals surface area contributed by atoms with Crippen LogP contribution in [0.2, 0.25) is 5.02 Å². The summed E-state index contributed by atoms with van der Waals surface area (Å²) in [7, 11) is 2.97. The van der Waals surface area contributed by atoms with Crippen molar-refractivity contribution in [2.45, 2.75) is 51.2 Å². The van der Waals surface area contributed by atoms with E-state index in [0.29, 0.717) is 33.3 Å². The van der Waals surface area contributed by atoms with Gasteiger partial charge in [-0.3, -0.25) is 19.4 Å². The predicted octanol–water partition coefficient (Wildman–Crippen LogP) is 4.22. The molecule has 4 rings (SSSR count). The second kappa shape index (κ2) is 13.7. The molecule has 45 heavy (non-hydrogen) atoms. The Morgan fingerprint density at radius 1 is 1.20 bits per heavy atom. The minimum atomic E-state index is -1.76. The number of ether oxygens (including phenoxy) is 4. The minimum Gasteiger partial charge on any atom is -0.493 e. The van der Waals surface area contributed by atoms with Gasteiger partial charge in [-0.25, -0.2) is 4.79 Å². The summed E-state index contributed by atoms with van der Waals surface area (Å²) in [6.07, 6.45) is -2.85. The fourth-order valence-corrected chi connectivity index (χ4v) is 6.47. The highest BCUT2D eigenvalue weighted by molar-refractivity contribution is 8.02. The number of carboxylic acids is 1. The van der Waals surface area contributed by atoms with Crippen LogP contribution in [-0.4, -0.2) is 78.8 Å². The summed E-state index contributed by atoms with van der Waals surface area (Å²) < 4.78 is 23.0. The Balaban J connectivity index is 1.83. The maximum absolute atomic E-state index is 14.4. The lowest BCUT2D eigenvalue weighted by atomic mass is 9.92. The van der Waals surface area contributed by atoms with Gasteiger partial charge in [-0.15, -0.1) is 0 Å². The third-order valence-corrected chi connectivity index (χ3v) is 8.95. The van der Waals surface area contributed by atoms with Gasteiger partial charge in [0.05, 0.1) is 38.8 Å². The van der Waals surface area contributed by atoms with Gasteiger partial charge in [-0.2, -0.15) is 0 Å². The number of para-hydroxylation sites is 1. The van der Waals surface area contributed by atoms with E-state index in [4.69, 9.17) is 30.5 Å². The van der Waals surface area contributed by atoms with Crippen LogP contribution < -0.4 is 19.7 Å². The quantitative estimate of drug-likeness (QED) is 0.335. The molecule has 0 aromatic heterocycles. The zero-order valence-electron chi connectivity index (χ0n) is 25.8. The number of carbonyl (C=O) groups excluding carboxylic acids is 3. The number of aliphatic imine (C=N–C) groups is 1. The standard InChI is InChI=1S/C31H36ClN3O9S/c1-17-31(29(39)40,45-16-33-17)34-25(37)13-24-28(38)35(14-30(3,4)15-43-18(2)36)22-11-10-19(32)12-21(22)26(44-24)20-8-7-9-23(41-5)27(20)42-6/h7-12,24,26H,13-16H2,1-6H3,(H,34,37)(H,39,40)/t24-,26-,31?/m1/s1. The van der Waals surface area contributed by atoms with Gasteiger partial charge in [-0.1, -0.05) is 49.3 Å². The number of methoxy groups -OCH3 is 2. The second-order valence-corrected chi connectivity index (χ2v) is 13.0.